The van der Waals surface area contributed by atoms with Crippen LogP contribution in [0.1, 0.15) is 10.5 Å². The molecule has 6 heteroatoms. The third-order valence-corrected chi connectivity index (χ3v) is 2.46. The largest absolute Gasteiger partial charge is 0.296 e. The lowest BCUT2D eigenvalue weighted by atomic mass is 10.2. The lowest BCUT2D eigenvalue weighted by Gasteiger charge is -1.97. The van der Waals surface area contributed by atoms with Crippen LogP contribution in [-0.4, -0.2) is 25.9 Å². The molecule has 17 heavy (non-hydrogen) atoms. The van der Waals surface area contributed by atoms with Crippen LogP contribution in [0.3, 0.4) is 0 Å². The number of rotatable bonds is 1. The van der Waals surface area contributed by atoms with E-state index in [2.05, 4.69) is 15.3 Å². The molecule has 2 heterocycles. The Balaban J connectivity index is 2.19. The van der Waals surface area contributed by atoms with E-state index in [0.717, 1.165) is 4.68 Å². The Labute approximate surface area is 94.9 Å². The minimum Gasteiger partial charge on any atom is -0.272 e. The summed E-state index contributed by atoms with van der Waals surface area (Å²) in [7, 11) is 0. The zero-order chi connectivity index (χ0) is 11.8. The molecule has 0 aliphatic carbocycles. The molecule has 84 valence electrons. The number of benzene rings is 1. The standard InChI is InChI=1S/C11H7FN4O/c12-8-4-1-3-7-9(8)14-15-10(7)11(17)16-6-2-5-13-16/h1-6H,(H,14,15). The van der Waals surface area contributed by atoms with Gasteiger partial charge in [0.05, 0.1) is 0 Å². The van der Waals surface area contributed by atoms with Gasteiger partial charge in [-0.25, -0.2) is 9.07 Å². The summed E-state index contributed by atoms with van der Waals surface area (Å²) in [5, 5.41) is 10.6. The monoisotopic (exact) mass is 230 g/mol. The van der Waals surface area contributed by atoms with Crippen molar-refractivity contribution in [3.63, 3.8) is 0 Å². The minimum absolute atomic E-state index is 0.156. The van der Waals surface area contributed by atoms with Crippen molar-refractivity contribution in [2.45, 2.75) is 0 Å². The lowest BCUT2D eigenvalue weighted by Crippen LogP contribution is -2.13. The van der Waals surface area contributed by atoms with Crippen molar-refractivity contribution in [3.05, 3.63) is 48.2 Å². The highest BCUT2D eigenvalue weighted by molar-refractivity contribution is 6.05. The van der Waals surface area contributed by atoms with E-state index < -0.39 is 5.82 Å². The van der Waals surface area contributed by atoms with E-state index in [0.29, 0.717) is 5.39 Å². The second-order valence-corrected chi connectivity index (χ2v) is 3.49. The molecule has 3 aromatic rings. The third-order valence-electron chi connectivity index (χ3n) is 2.46. The van der Waals surface area contributed by atoms with Crippen LogP contribution in [0.5, 0.6) is 0 Å². The summed E-state index contributed by atoms with van der Waals surface area (Å²) in [5.74, 6) is -0.832. The third kappa shape index (κ3) is 1.42. The molecule has 1 N–H and O–H groups in total. The zero-order valence-corrected chi connectivity index (χ0v) is 8.59. The number of carbonyl (C=O) groups is 1. The molecule has 0 unspecified atom stereocenters. The maximum Gasteiger partial charge on any atom is 0.296 e. The van der Waals surface area contributed by atoms with Crippen molar-refractivity contribution in [2.24, 2.45) is 0 Å². The number of nitrogens with one attached hydrogen (secondary N) is 1. The Kier molecular flexibility index (Phi) is 2.01. The normalized spacial score (nSPS) is 10.9. The van der Waals surface area contributed by atoms with E-state index in [-0.39, 0.29) is 17.1 Å². The molecule has 0 bridgehead atoms. The number of carbonyl (C=O) groups excluding carboxylic acids is 1. The first-order valence-corrected chi connectivity index (χ1v) is 4.94. The molecule has 2 aromatic heterocycles. The maximum absolute atomic E-state index is 13.4. The summed E-state index contributed by atoms with van der Waals surface area (Å²) in [5.41, 5.74) is 0.381. The summed E-state index contributed by atoms with van der Waals surface area (Å²) >= 11 is 0. The Bertz CT molecular complexity index is 687. The first-order chi connectivity index (χ1) is 8.27. The highest BCUT2D eigenvalue weighted by Gasteiger charge is 2.16. The fourth-order valence-corrected chi connectivity index (χ4v) is 1.67. The van der Waals surface area contributed by atoms with E-state index in [1.807, 2.05) is 0 Å². The summed E-state index contributed by atoms with van der Waals surface area (Å²) in [6.45, 7) is 0. The Morgan fingerprint density at radius 1 is 1.35 bits per heavy atom. The van der Waals surface area contributed by atoms with Gasteiger partial charge < -0.3 is 0 Å². The highest BCUT2D eigenvalue weighted by atomic mass is 19.1. The van der Waals surface area contributed by atoms with Gasteiger partial charge in [-0.05, 0) is 12.1 Å². The van der Waals surface area contributed by atoms with Gasteiger partial charge in [-0.2, -0.15) is 10.2 Å². The molecule has 0 aliphatic rings. The van der Waals surface area contributed by atoms with E-state index in [9.17, 15) is 9.18 Å². The quantitative estimate of drug-likeness (QED) is 0.690. The molecular formula is C11H7FN4O. The van der Waals surface area contributed by atoms with Crippen molar-refractivity contribution < 1.29 is 9.18 Å². The molecule has 0 atom stereocenters. The summed E-state index contributed by atoms with van der Waals surface area (Å²) < 4.78 is 14.6. The second kappa shape index (κ2) is 3.51. The molecule has 3 rings (SSSR count). The summed E-state index contributed by atoms with van der Waals surface area (Å²) in [6, 6.07) is 6.11. The molecule has 0 fully saturated rings. The molecule has 0 radical (unpaired) electrons. The topological polar surface area (TPSA) is 63.6 Å². The van der Waals surface area contributed by atoms with E-state index in [1.165, 1.54) is 24.5 Å². The van der Waals surface area contributed by atoms with Crippen molar-refractivity contribution in [1.29, 1.82) is 0 Å². The summed E-state index contributed by atoms with van der Waals surface area (Å²) in [4.78, 5) is 12.0. The number of H-pyrrole nitrogens is 1. The molecule has 0 saturated heterocycles. The molecule has 0 amide bonds. The van der Waals surface area contributed by atoms with Gasteiger partial charge >= 0.3 is 0 Å². The Morgan fingerprint density at radius 3 is 3.00 bits per heavy atom. The number of halogens is 1. The van der Waals surface area contributed by atoms with E-state index in [1.54, 1.807) is 12.1 Å². The number of aromatic amines is 1. The van der Waals surface area contributed by atoms with Crippen LogP contribution in [0.15, 0.2) is 36.7 Å². The molecule has 0 aliphatic heterocycles. The van der Waals surface area contributed by atoms with Crippen molar-refractivity contribution in [1.82, 2.24) is 20.0 Å². The molecule has 5 nitrogen and oxygen atoms in total. The van der Waals surface area contributed by atoms with Gasteiger partial charge in [0.1, 0.15) is 11.2 Å². The molecule has 0 spiro atoms. The van der Waals surface area contributed by atoms with Crippen LogP contribution in [0.4, 0.5) is 4.39 Å². The minimum atomic E-state index is -0.460. The van der Waals surface area contributed by atoms with Crippen LogP contribution >= 0.6 is 0 Å². The van der Waals surface area contributed by atoms with Crippen LogP contribution < -0.4 is 0 Å². The van der Waals surface area contributed by atoms with Gasteiger partial charge in [0.15, 0.2) is 5.82 Å². The number of fused-ring (bicyclic) bond motifs is 1. The van der Waals surface area contributed by atoms with Crippen LogP contribution in [0, 0.1) is 5.82 Å². The predicted octanol–water partition coefficient (Wildman–Crippen LogP) is 1.59. The predicted molar refractivity (Wildman–Crippen MR) is 58.0 cm³/mol. The molecular weight excluding hydrogens is 223 g/mol. The van der Waals surface area contributed by atoms with Crippen LogP contribution in [0.25, 0.3) is 10.9 Å². The van der Waals surface area contributed by atoms with Gasteiger partial charge in [-0.15, -0.1) is 0 Å². The average molecular weight is 230 g/mol. The molecule has 0 saturated carbocycles. The van der Waals surface area contributed by atoms with Gasteiger partial charge in [0.25, 0.3) is 5.91 Å². The average Bonchev–Trinajstić information content (AvgIpc) is 2.98. The zero-order valence-electron chi connectivity index (χ0n) is 8.59. The molecule has 1 aromatic carbocycles. The highest BCUT2D eigenvalue weighted by Crippen LogP contribution is 2.19. The first-order valence-electron chi connectivity index (χ1n) is 4.94. The lowest BCUT2D eigenvalue weighted by molar-refractivity contribution is 0.0941. The number of aromatic nitrogens is 4. The van der Waals surface area contributed by atoms with Crippen molar-refractivity contribution in [3.8, 4) is 0 Å². The van der Waals surface area contributed by atoms with E-state index in [4.69, 9.17) is 0 Å². The fourth-order valence-electron chi connectivity index (χ4n) is 1.67. The van der Waals surface area contributed by atoms with Gasteiger partial charge in [-0.3, -0.25) is 9.89 Å². The second-order valence-electron chi connectivity index (χ2n) is 3.49. The maximum atomic E-state index is 13.4. The van der Waals surface area contributed by atoms with Gasteiger partial charge in [0, 0.05) is 17.8 Å². The van der Waals surface area contributed by atoms with Gasteiger partial charge in [-0.1, -0.05) is 12.1 Å². The Hall–Kier alpha value is -2.50. The SMILES string of the molecule is O=C(c1[nH]nc2c(F)cccc12)n1cccn1. The number of hydrogen-bond acceptors (Lipinski definition) is 3. The van der Waals surface area contributed by atoms with E-state index >= 15 is 0 Å². The number of nitrogens with zero attached hydrogens (tertiary/aromatic N) is 3. The smallest absolute Gasteiger partial charge is 0.272 e. The number of para-hydroxylation sites is 1. The first kappa shape index (κ1) is 9.71. The van der Waals surface area contributed by atoms with Crippen molar-refractivity contribution >= 4 is 16.8 Å². The number of hydrogen-bond donors (Lipinski definition) is 1. The summed E-state index contributed by atoms with van der Waals surface area (Å²) in [6.07, 6.45) is 3.02. The fraction of sp³-hybridized carbons (Fsp3) is 0. The van der Waals surface area contributed by atoms with Crippen molar-refractivity contribution in [2.75, 3.05) is 0 Å². The van der Waals surface area contributed by atoms with Crippen LogP contribution in [0.2, 0.25) is 0 Å². The van der Waals surface area contributed by atoms with Gasteiger partial charge in [0.2, 0.25) is 0 Å². The van der Waals surface area contributed by atoms with Crippen LogP contribution in [-0.2, 0) is 0 Å². The Morgan fingerprint density at radius 2 is 2.24 bits per heavy atom.